The number of benzene rings is 1. The lowest BCUT2D eigenvalue weighted by molar-refractivity contribution is 0.532. The van der Waals surface area contributed by atoms with Gasteiger partial charge in [-0.3, -0.25) is 4.79 Å². The van der Waals surface area contributed by atoms with E-state index in [2.05, 4.69) is 61.2 Å². The fourth-order valence-corrected chi connectivity index (χ4v) is 3.95. The predicted octanol–water partition coefficient (Wildman–Crippen LogP) is 4.40. The average molecular weight is 356 g/mol. The van der Waals surface area contributed by atoms with Crippen LogP contribution in [-0.4, -0.2) is 16.5 Å². The number of H-pyrrole nitrogens is 1. The molecule has 2 heterocycles. The summed E-state index contributed by atoms with van der Waals surface area (Å²) in [5, 5.41) is 6.09. The quantitative estimate of drug-likeness (QED) is 0.644. The lowest BCUT2D eigenvalue weighted by Gasteiger charge is -2.07. The van der Waals surface area contributed by atoms with Crippen molar-refractivity contribution < 1.29 is 0 Å². The van der Waals surface area contributed by atoms with E-state index >= 15 is 0 Å². The highest BCUT2D eigenvalue weighted by Gasteiger charge is 2.14. The molecule has 0 bridgehead atoms. The molecule has 0 spiro atoms. The molecule has 0 amide bonds. The molecule has 2 aromatic heterocycles. The van der Waals surface area contributed by atoms with Gasteiger partial charge in [-0.05, 0) is 43.9 Å². The minimum absolute atomic E-state index is 0.0538. The maximum Gasteiger partial charge on any atom is 0.260 e. The highest BCUT2D eigenvalue weighted by molar-refractivity contribution is 7.17. The fraction of sp³-hybridized carbons (Fsp3) is 0.400. The molecule has 1 aromatic carbocycles. The van der Waals surface area contributed by atoms with Gasteiger partial charge in [-0.1, -0.05) is 37.6 Å². The molecule has 0 aliphatic carbocycles. The molecule has 0 radical (unpaired) electrons. The topological polar surface area (TPSA) is 57.8 Å². The first-order valence-electron chi connectivity index (χ1n) is 8.74. The van der Waals surface area contributed by atoms with Gasteiger partial charge >= 0.3 is 0 Å². The Hall–Kier alpha value is -1.98. The van der Waals surface area contributed by atoms with Gasteiger partial charge in [-0.15, -0.1) is 11.3 Å². The maximum atomic E-state index is 12.7. The Morgan fingerprint density at radius 3 is 2.76 bits per heavy atom. The van der Waals surface area contributed by atoms with Crippen LogP contribution in [0, 0.1) is 19.8 Å². The van der Waals surface area contributed by atoms with Crippen LogP contribution in [-0.2, 0) is 6.54 Å². The van der Waals surface area contributed by atoms with Gasteiger partial charge in [0.05, 0.1) is 11.9 Å². The molecular weight excluding hydrogens is 330 g/mol. The van der Waals surface area contributed by atoms with Gasteiger partial charge in [-0.25, -0.2) is 4.98 Å². The van der Waals surface area contributed by atoms with Crippen LogP contribution in [0.25, 0.3) is 21.3 Å². The summed E-state index contributed by atoms with van der Waals surface area (Å²) >= 11 is 1.54. The normalized spacial score (nSPS) is 11.6. The SMILES string of the molecule is Cc1ccc(-c2csc3nc(CNCCC(C)C)[nH]c(=O)c23)c(C)c1. The average Bonchev–Trinajstić information content (AvgIpc) is 2.96. The van der Waals surface area contributed by atoms with E-state index in [9.17, 15) is 4.79 Å². The summed E-state index contributed by atoms with van der Waals surface area (Å²) in [6.45, 7) is 10.1. The zero-order chi connectivity index (χ0) is 18.0. The Labute approximate surface area is 152 Å². The van der Waals surface area contributed by atoms with Crippen molar-refractivity contribution in [2.45, 2.75) is 40.7 Å². The van der Waals surface area contributed by atoms with Crippen LogP contribution in [0.2, 0.25) is 0 Å². The minimum atomic E-state index is -0.0538. The van der Waals surface area contributed by atoms with Crippen LogP contribution in [0.1, 0.15) is 37.2 Å². The standard InChI is InChI=1S/C20H25N3OS/c1-12(2)7-8-21-10-17-22-19(24)18-16(11-25-20(18)23-17)15-6-5-13(3)9-14(15)4/h5-6,9,11-12,21H,7-8,10H2,1-4H3,(H,22,23,24). The second-order valence-electron chi connectivity index (χ2n) is 7.02. The second kappa shape index (κ2) is 7.50. The number of aryl methyl sites for hydroxylation is 2. The van der Waals surface area contributed by atoms with Gasteiger partial charge in [0.15, 0.2) is 0 Å². The summed E-state index contributed by atoms with van der Waals surface area (Å²) in [7, 11) is 0. The van der Waals surface area contributed by atoms with Crippen molar-refractivity contribution in [3.8, 4) is 11.1 Å². The van der Waals surface area contributed by atoms with Gasteiger partial charge < -0.3 is 10.3 Å². The Kier molecular flexibility index (Phi) is 5.35. The first kappa shape index (κ1) is 17.8. The van der Waals surface area contributed by atoms with Crippen LogP contribution < -0.4 is 10.9 Å². The molecule has 25 heavy (non-hydrogen) atoms. The molecule has 0 saturated carbocycles. The Morgan fingerprint density at radius 2 is 2.04 bits per heavy atom. The third kappa shape index (κ3) is 3.99. The van der Waals surface area contributed by atoms with E-state index < -0.39 is 0 Å². The zero-order valence-corrected chi connectivity index (χ0v) is 16.1. The monoisotopic (exact) mass is 355 g/mol. The van der Waals surface area contributed by atoms with E-state index in [-0.39, 0.29) is 5.56 Å². The van der Waals surface area contributed by atoms with Crippen molar-refractivity contribution >= 4 is 21.6 Å². The molecule has 5 heteroatoms. The first-order chi connectivity index (χ1) is 12.0. The van der Waals surface area contributed by atoms with Crippen molar-refractivity contribution in [1.82, 2.24) is 15.3 Å². The zero-order valence-electron chi connectivity index (χ0n) is 15.3. The largest absolute Gasteiger partial charge is 0.310 e. The number of nitrogens with zero attached hydrogens (tertiary/aromatic N) is 1. The molecule has 0 fully saturated rings. The molecule has 132 valence electrons. The number of hydrogen-bond donors (Lipinski definition) is 2. The van der Waals surface area contributed by atoms with Crippen LogP contribution in [0.15, 0.2) is 28.4 Å². The number of aromatic nitrogens is 2. The smallest absolute Gasteiger partial charge is 0.260 e. The van der Waals surface area contributed by atoms with E-state index in [1.54, 1.807) is 0 Å². The summed E-state index contributed by atoms with van der Waals surface area (Å²) in [5.74, 6) is 1.37. The molecule has 2 N–H and O–H groups in total. The summed E-state index contributed by atoms with van der Waals surface area (Å²) < 4.78 is 0. The van der Waals surface area contributed by atoms with Gasteiger partial charge in [0, 0.05) is 10.9 Å². The molecule has 3 aromatic rings. The Morgan fingerprint density at radius 1 is 1.24 bits per heavy atom. The number of aromatic amines is 1. The highest BCUT2D eigenvalue weighted by Crippen LogP contribution is 2.33. The number of nitrogens with one attached hydrogen (secondary N) is 2. The van der Waals surface area contributed by atoms with E-state index in [4.69, 9.17) is 0 Å². The van der Waals surface area contributed by atoms with E-state index in [0.717, 1.165) is 28.9 Å². The molecule has 3 rings (SSSR count). The molecular formula is C20H25N3OS. The van der Waals surface area contributed by atoms with Crippen LogP contribution >= 0.6 is 11.3 Å². The summed E-state index contributed by atoms with van der Waals surface area (Å²) in [6.07, 6.45) is 1.11. The van der Waals surface area contributed by atoms with E-state index in [1.807, 2.05) is 5.38 Å². The van der Waals surface area contributed by atoms with Gasteiger partial charge in [0.25, 0.3) is 5.56 Å². The molecule has 0 saturated heterocycles. The van der Waals surface area contributed by atoms with Crippen LogP contribution in [0.4, 0.5) is 0 Å². The summed E-state index contributed by atoms with van der Waals surface area (Å²) in [4.78, 5) is 21.1. The van der Waals surface area contributed by atoms with Crippen LogP contribution in [0.3, 0.4) is 0 Å². The molecule has 0 atom stereocenters. The molecule has 0 unspecified atom stereocenters. The summed E-state index contributed by atoms with van der Waals surface area (Å²) in [5.41, 5.74) is 4.43. The van der Waals surface area contributed by atoms with Crippen LogP contribution in [0.5, 0.6) is 0 Å². The lowest BCUT2D eigenvalue weighted by Crippen LogP contribution is -2.21. The van der Waals surface area contributed by atoms with Crippen molar-refractivity contribution in [1.29, 1.82) is 0 Å². The Bertz CT molecular complexity index is 940. The van der Waals surface area contributed by atoms with Crippen molar-refractivity contribution in [2.75, 3.05) is 6.54 Å². The van der Waals surface area contributed by atoms with Gasteiger partial charge in [0.2, 0.25) is 0 Å². The third-order valence-electron chi connectivity index (χ3n) is 4.36. The number of rotatable bonds is 6. The molecule has 4 nitrogen and oxygen atoms in total. The van der Waals surface area contributed by atoms with Gasteiger partial charge in [0.1, 0.15) is 10.7 Å². The second-order valence-corrected chi connectivity index (χ2v) is 7.88. The fourth-order valence-electron chi connectivity index (χ4n) is 2.99. The number of thiophene rings is 1. The Balaban J connectivity index is 1.90. The highest BCUT2D eigenvalue weighted by atomic mass is 32.1. The van der Waals surface area contributed by atoms with Crippen molar-refractivity contribution in [3.05, 3.63) is 50.9 Å². The van der Waals surface area contributed by atoms with E-state index in [1.165, 1.54) is 22.5 Å². The number of hydrogen-bond acceptors (Lipinski definition) is 4. The predicted molar refractivity (Wildman–Crippen MR) is 106 cm³/mol. The molecule has 0 aliphatic rings. The van der Waals surface area contributed by atoms with Gasteiger partial charge in [-0.2, -0.15) is 0 Å². The third-order valence-corrected chi connectivity index (χ3v) is 5.23. The van der Waals surface area contributed by atoms with Crippen molar-refractivity contribution in [3.63, 3.8) is 0 Å². The minimum Gasteiger partial charge on any atom is -0.310 e. The lowest BCUT2D eigenvalue weighted by atomic mass is 9.99. The number of fused-ring (bicyclic) bond motifs is 1. The first-order valence-corrected chi connectivity index (χ1v) is 9.62. The molecule has 0 aliphatic heterocycles. The maximum absolute atomic E-state index is 12.7. The van der Waals surface area contributed by atoms with Crippen molar-refractivity contribution in [2.24, 2.45) is 5.92 Å². The van der Waals surface area contributed by atoms with E-state index in [0.29, 0.717) is 23.7 Å². The summed E-state index contributed by atoms with van der Waals surface area (Å²) in [6, 6.07) is 6.32.